The Kier molecular flexibility index (Phi) is 2.76. The van der Waals surface area contributed by atoms with Crippen LogP contribution < -0.4 is 4.74 Å². The van der Waals surface area contributed by atoms with E-state index < -0.39 is 0 Å². The molecule has 96 valence electrons. The van der Waals surface area contributed by atoms with Crippen molar-refractivity contribution in [2.24, 2.45) is 0 Å². The molecule has 3 aromatic rings. The highest BCUT2D eigenvalue weighted by atomic mass is 35.5. The van der Waals surface area contributed by atoms with Gasteiger partial charge < -0.3 is 14.8 Å². The van der Waals surface area contributed by atoms with Crippen LogP contribution in [0.1, 0.15) is 0 Å². The third-order valence-electron chi connectivity index (χ3n) is 2.76. The lowest BCUT2D eigenvalue weighted by atomic mass is 10.2. The van der Waals surface area contributed by atoms with Gasteiger partial charge in [-0.15, -0.1) is 0 Å². The van der Waals surface area contributed by atoms with Crippen LogP contribution >= 0.6 is 11.6 Å². The summed E-state index contributed by atoms with van der Waals surface area (Å²) in [6.45, 7) is 0. The number of halogens is 1. The van der Waals surface area contributed by atoms with Gasteiger partial charge in [-0.2, -0.15) is 0 Å². The Hall–Kier alpha value is -2.27. The van der Waals surface area contributed by atoms with Crippen molar-refractivity contribution in [3.05, 3.63) is 35.5 Å². The van der Waals surface area contributed by atoms with E-state index in [9.17, 15) is 5.11 Å². The number of hydrogen-bond donors (Lipinski definition) is 2. The Morgan fingerprint density at radius 2 is 2.16 bits per heavy atom. The van der Waals surface area contributed by atoms with Crippen molar-refractivity contribution in [3.8, 4) is 22.9 Å². The Balaban J connectivity index is 2.13. The number of nitrogens with zero attached hydrogens (tertiary/aromatic N) is 2. The molecule has 0 aliphatic rings. The van der Waals surface area contributed by atoms with Crippen molar-refractivity contribution in [1.29, 1.82) is 0 Å². The SMILES string of the molecule is COc1ccc(-c2nc3ncc(Cl)cc3[nH]2)c(O)c1. The minimum atomic E-state index is 0.0875. The number of nitrogens with one attached hydrogen (secondary N) is 1. The zero-order valence-electron chi connectivity index (χ0n) is 10.0. The number of benzene rings is 1. The van der Waals surface area contributed by atoms with E-state index in [-0.39, 0.29) is 5.75 Å². The number of phenolic OH excluding ortho intramolecular Hbond substituents is 1. The van der Waals surface area contributed by atoms with E-state index >= 15 is 0 Å². The number of rotatable bonds is 2. The molecule has 2 heterocycles. The van der Waals surface area contributed by atoms with E-state index in [4.69, 9.17) is 16.3 Å². The van der Waals surface area contributed by atoms with Crippen LogP contribution in [-0.2, 0) is 0 Å². The number of hydrogen-bond acceptors (Lipinski definition) is 4. The van der Waals surface area contributed by atoms with Gasteiger partial charge in [0.1, 0.15) is 17.3 Å². The summed E-state index contributed by atoms with van der Waals surface area (Å²) in [5.74, 6) is 1.20. The van der Waals surface area contributed by atoms with Gasteiger partial charge in [-0.3, -0.25) is 0 Å². The van der Waals surface area contributed by atoms with Crippen molar-refractivity contribution in [2.45, 2.75) is 0 Å². The molecule has 0 bridgehead atoms. The van der Waals surface area contributed by atoms with E-state index in [0.29, 0.717) is 27.8 Å². The number of H-pyrrole nitrogens is 1. The molecule has 5 nitrogen and oxygen atoms in total. The molecule has 0 aliphatic carbocycles. The van der Waals surface area contributed by atoms with Crippen LogP contribution in [0.3, 0.4) is 0 Å². The van der Waals surface area contributed by atoms with Gasteiger partial charge in [-0.05, 0) is 18.2 Å². The first kappa shape index (κ1) is 11.8. The largest absolute Gasteiger partial charge is 0.507 e. The summed E-state index contributed by atoms with van der Waals surface area (Å²) >= 11 is 5.87. The fourth-order valence-electron chi connectivity index (χ4n) is 1.84. The van der Waals surface area contributed by atoms with Crippen LogP contribution in [0.5, 0.6) is 11.5 Å². The molecule has 0 atom stereocenters. The summed E-state index contributed by atoms with van der Waals surface area (Å²) in [4.78, 5) is 11.5. The Labute approximate surface area is 113 Å². The van der Waals surface area contributed by atoms with E-state index in [1.807, 2.05) is 0 Å². The number of pyridine rings is 1. The van der Waals surface area contributed by atoms with Gasteiger partial charge in [0.25, 0.3) is 0 Å². The first-order valence-corrected chi connectivity index (χ1v) is 5.94. The molecule has 0 fully saturated rings. The second kappa shape index (κ2) is 4.44. The molecule has 0 saturated carbocycles. The van der Waals surface area contributed by atoms with Crippen LogP contribution in [0.15, 0.2) is 30.5 Å². The number of fused-ring (bicyclic) bond motifs is 1. The van der Waals surface area contributed by atoms with Gasteiger partial charge in [0.15, 0.2) is 5.65 Å². The topological polar surface area (TPSA) is 71.0 Å². The highest BCUT2D eigenvalue weighted by Crippen LogP contribution is 2.31. The van der Waals surface area contributed by atoms with E-state index in [0.717, 1.165) is 5.52 Å². The van der Waals surface area contributed by atoms with Crippen molar-refractivity contribution < 1.29 is 9.84 Å². The lowest BCUT2D eigenvalue weighted by Crippen LogP contribution is -1.85. The van der Waals surface area contributed by atoms with Gasteiger partial charge in [0, 0.05) is 12.3 Å². The van der Waals surface area contributed by atoms with E-state index in [1.54, 1.807) is 25.3 Å². The normalized spacial score (nSPS) is 10.8. The minimum absolute atomic E-state index is 0.0875. The van der Waals surface area contributed by atoms with Crippen LogP contribution in [0.25, 0.3) is 22.6 Å². The summed E-state index contributed by atoms with van der Waals surface area (Å²) in [6, 6.07) is 6.75. The summed E-state index contributed by atoms with van der Waals surface area (Å²) in [5, 5.41) is 10.5. The smallest absolute Gasteiger partial charge is 0.178 e. The maximum absolute atomic E-state index is 9.97. The second-order valence-electron chi connectivity index (χ2n) is 3.99. The molecule has 0 saturated heterocycles. The van der Waals surface area contributed by atoms with Crippen LogP contribution in [-0.4, -0.2) is 27.2 Å². The third kappa shape index (κ3) is 2.08. The number of aromatic nitrogens is 3. The average molecular weight is 276 g/mol. The van der Waals surface area contributed by atoms with Gasteiger partial charge >= 0.3 is 0 Å². The zero-order valence-corrected chi connectivity index (χ0v) is 10.8. The molecule has 19 heavy (non-hydrogen) atoms. The Bertz CT molecular complexity index is 755. The molecule has 2 N–H and O–H groups in total. The highest BCUT2D eigenvalue weighted by Gasteiger charge is 2.11. The average Bonchev–Trinajstić information content (AvgIpc) is 2.81. The highest BCUT2D eigenvalue weighted by molar-refractivity contribution is 6.31. The van der Waals surface area contributed by atoms with E-state index in [2.05, 4.69) is 15.0 Å². The number of aromatic amines is 1. The molecule has 0 radical (unpaired) electrons. The van der Waals surface area contributed by atoms with Crippen LogP contribution in [0.4, 0.5) is 0 Å². The van der Waals surface area contributed by atoms with Crippen molar-refractivity contribution in [3.63, 3.8) is 0 Å². The van der Waals surface area contributed by atoms with Crippen LogP contribution in [0, 0.1) is 0 Å². The molecule has 0 amide bonds. The fraction of sp³-hybridized carbons (Fsp3) is 0.0769. The Morgan fingerprint density at radius 1 is 1.32 bits per heavy atom. The predicted molar refractivity (Wildman–Crippen MR) is 72.6 cm³/mol. The quantitative estimate of drug-likeness (QED) is 0.754. The third-order valence-corrected chi connectivity index (χ3v) is 2.97. The lowest BCUT2D eigenvalue weighted by Gasteiger charge is -2.03. The number of aromatic hydroxyl groups is 1. The molecule has 1 aromatic carbocycles. The molecule has 0 spiro atoms. The molecule has 6 heteroatoms. The fourth-order valence-corrected chi connectivity index (χ4v) is 2.00. The van der Waals surface area contributed by atoms with E-state index in [1.165, 1.54) is 12.3 Å². The molecule has 2 aromatic heterocycles. The van der Waals surface area contributed by atoms with Crippen molar-refractivity contribution >= 4 is 22.8 Å². The van der Waals surface area contributed by atoms with Crippen molar-refractivity contribution in [1.82, 2.24) is 15.0 Å². The molecule has 0 unspecified atom stereocenters. The first-order valence-electron chi connectivity index (χ1n) is 5.56. The van der Waals surface area contributed by atoms with Gasteiger partial charge in [-0.1, -0.05) is 11.6 Å². The van der Waals surface area contributed by atoms with Gasteiger partial charge in [0.05, 0.1) is 23.2 Å². The number of methoxy groups -OCH3 is 1. The molecule has 3 rings (SSSR count). The van der Waals surface area contributed by atoms with Crippen molar-refractivity contribution in [2.75, 3.05) is 7.11 Å². The monoisotopic (exact) mass is 275 g/mol. The minimum Gasteiger partial charge on any atom is -0.507 e. The number of ether oxygens (including phenoxy) is 1. The first-order chi connectivity index (χ1) is 9.17. The second-order valence-corrected chi connectivity index (χ2v) is 4.43. The van der Waals surface area contributed by atoms with Gasteiger partial charge in [0.2, 0.25) is 0 Å². The number of phenols is 1. The van der Waals surface area contributed by atoms with Gasteiger partial charge in [-0.25, -0.2) is 9.97 Å². The predicted octanol–water partition coefficient (Wildman–Crippen LogP) is 2.99. The maximum Gasteiger partial charge on any atom is 0.178 e. The summed E-state index contributed by atoms with van der Waals surface area (Å²) in [5.41, 5.74) is 1.85. The Morgan fingerprint density at radius 3 is 2.89 bits per heavy atom. The summed E-state index contributed by atoms with van der Waals surface area (Å²) in [7, 11) is 1.54. The molecule has 0 aliphatic heterocycles. The number of imidazole rings is 1. The summed E-state index contributed by atoms with van der Waals surface area (Å²) in [6.07, 6.45) is 1.53. The zero-order chi connectivity index (χ0) is 13.4. The summed E-state index contributed by atoms with van der Waals surface area (Å²) < 4.78 is 5.04. The molecular formula is C13H10ClN3O2. The molecular weight excluding hydrogens is 266 g/mol. The van der Waals surface area contributed by atoms with Crippen LogP contribution in [0.2, 0.25) is 5.02 Å². The maximum atomic E-state index is 9.97. The lowest BCUT2D eigenvalue weighted by molar-refractivity contribution is 0.408. The standard InChI is InChI=1S/C13H10ClN3O2/c1-19-8-2-3-9(11(18)5-8)12-16-10-4-7(14)6-15-13(10)17-12/h2-6,18H,1H3,(H,15,16,17).